The molecular formula is C16H13N3O2S2. The van der Waals surface area contributed by atoms with E-state index in [-0.39, 0.29) is 17.9 Å². The fourth-order valence-electron chi connectivity index (χ4n) is 2.07. The number of benzene rings is 1. The summed E-state index contributed by atoms with van der Waals surface area (Å²) in [6.45, 7) is 0. The molecule has 0 aliphatic heterocycles. The Hall–Kier alpha value is -2.51. The summed E-state index contributed by atoms with van der Waals surface area (Å²) >= 11 is 3.11. The molecule has 0 radical (unpaired) electrons. The number of amides is 2. The second kappa shape index (κ2) is 6.72. The molecule has 0 spiro atoms. The number of thiazole rings is 1. The molecule has 1 aromatic carbocycles. The van der Waals surface area contributed by atoms with Gasteiger partial charge >= 0.3 is 0 Å². The molecule has 0 aliphatic rings. The van der Waals surface area contributed by atoms with Gasteiger partial charge in [0.2, 0.25) is 5.91 Å². The van der Waals surface area contributed by atoms with Crippen LogP contribution in [-0.4, -0.2) is 16.8 Å². The van der Waals surface area contributed by atoms with Crippen LogP contribution in [0, 0.1) is 0 Å². The molecule has 2 aromatic heterocycles. The lowest BCUT2D eigenvalue weighted by atomic mass is 10.1. The largest absolute Gasteiger partial charge is 0.366 e. The van der Waals surface area contributed by atoms with Crippen molar-refractivity contribution in [3.8, 4) is 10.6 Å². The van der Waals surface area contributed by atoms with E-state index in [1.54, 1.807) is 35.6 Å². The average Bonchev–Trinajstić information content (AvgIpc) is 3.18. The monoisotopic (exact) mass is 343 g/mol. The maximum Gasteiger partial charge on any atom is 0.250 e. The first-order valence-electron chi connectivity index (χ1n) is 6.79. The normalized spacial score (nSPS) is 10.4. The van der Waals surface area contributed by atoms with Crippen LogP contribution in [0.4, 0.5) is 5.69 Å². The van der Waals surface area contributed by atoms with E-state index in [1.165, 1.54) is 11.3 Å². The maximum absolute atomic E-state index is 12.2. The van der Waals surface area contributed by atoms with Crippen molar-refractivity contribution < 1.29 is 9.59 Å². The highest BCUT2D eigenvalue weighted by Gasteiger charge is 2.13. The minimum Gasteiger partial charge on any atom is -0.366 e. The number of aromatic nitrogens is 1. The first-order valence-corrected chi connectivity index (χ1v) is 8.61. The molecule has 23 heavy (non-hydrogen) atoms. The van der Waals surface area contributed by atoms with Crippen molar-refractivity contribution in [2.75, 3.05) is 5.32 Å². The fraction of sp³-hybridized carbons (Fsp3) is 0.0625. The van der Waals surface area contributed by atoms with Crippen LogP contribution in [-0.2, 0) is 11.2 Å². The molecule has 0 bridgehead atoms. The minimum absolute atomic E-state index is 0.147. The van der Waals surface area contributed by atoms with Crippen LogP contribution < -0.4 is 11.1 Å². The van der Waals surface area contributed by atoms with Gasteiger partial charge < -0.3 is 11.1 Å². The third-order valence-electron chi connectivity index (χ3n) is 3.13. The molecule has 5 nitrogen and oxygen atoms in total. The van der Waals surface area contributed by atoms with Crippen molar-refractivity contribution in [2.45, 2.75) is 6.42 Å². The lowest BCUT2D eigenvalue weighted by Gasteiger charge is -2.07. The van der Waals surface area contributed by atoms with E-state index < -0.39 is 5.91 Å². The summed E-state index contributed by atoms with van der Waals surface area (Å²) in [5.41, 5.74) is 7.77. The Kier molecular flexibility index (Phi) is 4.50. The van der Waals surface area contributed by atoms with Gasteiger partial charge in [0.15, 0.2) is 0 Å². The van der Waals surface area contributed by atoms with Crippen molar-refractivity contribution in [2.24, 2.45) is 5.73 Å². The van der Waals surface area contributed by atoms with Crippen LogP contribution in [0.25, 0.3) is 10.6 Å². The first kappa shape index (κ1) is 15.4. The number of carbonyl (C=O) groups is 2. The van der Waals surface area contributed by atoms with Crippen LogP contribution >= 0.6 is 22.7 Å². The Morgan fingerprint density at radius 2 is 2.00 bits per heavy atom. The topological polar surface area (TPSA) is 85.1 Å². The summed E-state index contributed by atoms with van der Waals surface area (Å²) in [6.07, 6.45) is 0.147. The summed E-state index contributed by atoms with van der Waals surface area (Å²) in [6, 6.07) is 8.66. The van der Waals surface area contributed by atoms with Gasteiger partial charge in [-0.15, -0.1) is 11.3 Å². The zero-order valence-electron chi connectivity index (χ0n) is 12.0. The number of rotatable bonds is 5. The highest BCUT2D eigenvalue weighted by molar-refractivity contribution is 7.14. The molecule has 7 heteroatoms. The second-order valence-corrected chi connectivity index (χ2v) is 6.43. The zero-order chi connectivity index (χ0) is 16.2. The van der Waals surface area contributed by atoms with Crippen LogP contribution in [0.5, 0.6) is 0 Å². The number of carbonyl (C=O) groups excluding carboxylic acids is 2. The summed E-state index contributed by atoms with van der Waals surface area (Å²) < 4.78 is 0. The van der Waals surface area contributed by atoms with Crippen molar-refractivity contribution >= 4 is 40.2 Å². The van der Waals surface area contributed by atoms with Crippen LogP contribution in [0.15, 0.2) is 46.5 Å². The molecule has 0 fully saturated rings. The third kappa shape index (κ3) is 3.64. The standard InChI is InChI=1S/C16H13N3O2S2/c17-15(21)12-3-1-2-4-13(12)19-14(20)7-11-9-23-16(18-11)10-5-6-22-8-10/h1-6,8-9H,7H2,(H2,17,21)(H,19,20). The smallest absolute Gasteiger partial charge is 0.250 e. The van der Waals surface area contributed by atoms with E-state index in [4.69, 9.17) is 5.73 Å². The molecule has 0 aliphatic carbocycles. The SMILES string of the molecule is NC(=O)c1ccccc1NC(=O)Cc1csc(-c2ccsc2)n1. The molecule has 2 amide bonds. The van der Waals surface area contributed by atoms with Gasteiger partial charge in [-0.05, 0) is 23.6 Å². The zero-order valence-corrected chi connectivity index (χ0v) is 13.6. The summed E-state index contributed by atoms with van der Waals surface area (Å²) in [7, 11) is 0. The van der Waals surface area contributed by atoms with Crippen molar-refractivity contribution in [1.82, 2.24) is 4.98 Å². The molecule has 0 saturated heterocycles. The molecule has 2 heterocycles. The van der Waals surface area contributed by atoms with Crippen molar-refractivity contribution in [3.63, 3.8) is 0 Å². The van der Waals surface area contributed by atoms with E-state index in [9.17, 15) is 9.59 Å². The number of hydrogen-bond acceptors (Lipinski definition) is 5. The van der Waals surface area contributed by atoms with E-state index in [1.807, 2.05) is 22.2 Å². The van der Waals surface area contributed by atoms with Gasteiger partial charge in [0.25, 0.3) is 5.91 Å². The first-order chi connectivity index (χ1) is 11.1. The molecule has 0 atom stereocenters. The van der Waals surface area contributed by atoms with Crippen molar-refractivity contribution in [1.29, 1.82) is 0 Å². The van der Waals surface area contributed by atoms with E-state index in [2.05, 4.69) is 10.3 Å². The fourth-order valence-corrected chi connectivity index (χ4v) is 3.60. The second-order valence-electron chi connectivity index (χ2n) is 4.79. The highest BCUT2D eigenvalue weighted by atomic mass is 32.1. The summed E-state index contributed by atoms with van der Waals surface area (Å²) in [4.78, 5) is 28.0. The van der Waals surface area contributed by atoms with Gasteiger partial charge in [-0.1, -0.05) is 12.1 Å². The van der Waals surface area contributed by atoms with Gasteiger partial charge in [-0.2, -0.15) is 11.3 Å². The number of nitrogens with one attached hydrogen (secondary N) is 1. The molecule has 0 unspecified atom stereocenters. The lowest BCUT2D eigenvalue weighted by Crippen LogP contribution is -2.19. The molecule has 3 aromatic rings. The quantitative estimate of drug-likeness (QED) is 0.746. The van der Waals surface area contributed by atoms with Gasteiger partial charge in [-0.25, -0.2) is 4.98 Å². The Morgan fingerprint density at radius 1 is 1.17 bits per heavy atom. The van der Waals surface area contributed by atoms with E-state index >= 15 is 0 Å². The number of anilines is 1. The van der Waals surface area contributed by atoms with Crippen molar-refractivity contribution in [3.05, 3.63) is 57.7 Å². The number of nitrogens with zero attached hydrogens (tertiary/aromatic N) is 1. The van der Waals surface area contributed by atoms with E-state index in [0.717, 1.165) is 10.6 Å². The Balaban J connectivity index is 1.70. The van der Waals surface area contributed by atoms with Gasteiger partial charge in [0.05, 0.1) is 23.4 Å². The number of primary amides is 1. The molecule has 0 saturated carbocycles. The average molecular weight is 343 g/mol. The molecule has 116 valence electrons. The summed E-state index contributed by atoms with van der Waals surface area (Å²) in [5.74, 6) is -0.810. The third-order valence-corrected chi connectivity index (χ3v) is 4.75. The Bertz CT molecular complexity index is 841. The van der Waals surface area contributed by atoms with Gasteiger partial charge in [0, 0.05) is 16.3 Å². The molecule has 3 rings (SSSR count). The Labute approximate surface area is 140 Å². The highest BCUT2D eigenvalue weighted by Crippen LogP contribution is 2.26. The van der Waals surface area contributed by atoms with Crippen LogP contribution in [0.2, 0.25) is 0 Å². The Morgan fingerprint density at radius 3 is 2.74 bits per heavy atom. The molecule has 3 N–H and O–H groups in total. The maximum atomic E-state index is 12.2. The van der Waals surface area contributed by atoms with Gasteiger partial charge in [0.1, 0.15) is 5.01 Å². The van der Waals surface area contributed by atoms with Crippen LogP contribution in [0.1, 0.15) is 16.1 Å². The van der Waals surface area contributed by atoms with Crippen LogP contribution in [0.3, 0.4) is 0 Å². The predicted molar refractivity (Wildman–Crippen MR) is 92.7 cm³/mol. The van der Waals surface area contributed by atoms with E-state index in [0.29, 0.717) is 11.4 Å². The number of thiophene rings is 1. The summed E-state index contributed by atoms with van der Waals surface area (Å²) in [5, 5.41) is 9.48. The lowest BCUT2D eigenvalue weighted by molar-refractivity contribution is -0.115. The predicted octanol–water partition coefficient (Wildman–Crippen LogP) is 3.15. The minimum atomic E-state index is -0.575. The number of nitrogens with two attached hydrogens (primary N) is 1. The number of para-hydroxylation sites is 1. The molecular weight excluding hydrogens is 330 g/mol. The van der Waals surface area contributed by atoms with Gasteiger partial charge in [-0.3, -0.25) is 9.59 Å². The number of hydrogen-bond donors (Lipinski definition) is 2.